The third-order valence-electron chi connectivity index (χ3n) is 4.08. The van der Waals surface area contributed by atoms with Crippen molar-refractivity contribution < 1.29 is 4.74 Å². The highest BCUT2D eigenvalue weighted by atomic mass is 35.5. The topological polar surface area (TPSA) is 59.1 Å². The highest BCUT2D eigenvalue weighted by molar-refractivity contribution is 6.30. The Hall–Kier alpha value is -2.79. The van der Waals surface area contributed by atoms with Crippen molar-refractivity contribution in [2.75, 3.05) is 24.3 Å². The molecule has 0 unspecified atom stereocenters. The minimum Gasteiger partial charge on any atom is -0.497 e. The van der Waals surface area contributed by atoms with Crippen LogP contribution in [0.3, 0.4) is 0 Å². The molecule has 3 aromatic rings. The quantitative estimate of drug-likeness (QED) is 0.590. The van der Waals surface area contributed by atoms with E-state index in [1.54, 1.807) is 7.11 Å². The fourth-order valence-electron chi connectivity index (χ4n) is 2.71. The number of nitrogens with one attached hydrogen (secondary N) is 2. The lowest BCUT2D eigenvalue weighted by atomic mass is 10.1. The number of anilines is 2. The Kier molecular flexibility index (Phi) is 6.49. The van der Waals surface area contributed by atoms with Gasteiger partial charge in [-0.05, 0) is 48.7 Å². The minimum absolute atomic E-state index is 0.683. The van der Waals surface area contributed by atoms with Crippen LogP contribution in [0.4, 0.5) is 11.6 Å². The average molecular weight is 383 g/mol. The summed E-state index contributed by atoms with van der Waals surface area (Å²) >= 11 is 6.03. The molecular weight excluding hydrogens is 360 g/mol. The van der Waals surface area contributed by atoms with E-state index in [0.717, 1.165) is 46.8 Å². The third-order valence-corrected chi connectivity index (χ3v) is 4.31. The van der Waals surface area contributed by atoms with Crippen LogP contribution >= 0.6 is 11.6 Å². The van der Waals surface area contributed by atoms with Gasteiger partial charge in [0, 0.05) is 24.2 Å². The summed E-state index contributed by atoms with van der Waals surface area (Å²) in [4.78, 5) is 8.91. The first kappa shape index (κ1) is 19.0. The SMILES string of the molecule is COc1ccc(CNc2cc(NCCc3cccc(Cl)c3)nc(C)n2)cc1. The monoisotopic (exact) mass is 382 g/mol. The molecule has 0 aliphatic carbocycles. The van der Waals surface area contributed by atoms with E-state index in [1.807, 2.05) is 55.5 Å². The molecule has 0 saturated heterocycles. The van der Waals surface area contributed by atoms with Crippen LogP contribution in [0.15, 0.2) is 54.6 Å². The Balaban J connectivity index is 1.56. The first-order valence-electron chi connectivity index (χ1n) is 8.83. The van der Waals surface area contributed by atoms with Gasteiger partial charge in [0.1, 0.15) is 23.2 Å². The third kappa shape index (κ3) is 5.86. The van der Waals surface area contributed by atoms with E-state index >= 15 is 0 Å². The molecule has 1 aromatic heterocycles. The van der Waals surface area contributed by atoms with Crippen LogP contribution in [-0.2, 0) is 13.0 Å². The van der Waals surface area contributed by atoms with Gasteiger partial charge >= 0.3 is 0 Å². The predicted molar refractivity (Wildman–Crippen MR) is 111 cm³/mol. The van der Waals surface area contributed by atoms with Gasteiger partial charge in [-0.3, -0.25) is 0 Å². The highest BCUT2D eigenvalue weighted by Gasteiger charge is 2.03. The summed E-state index contributed by atoms with van der Waals surface area (Å²) in [5.74, 6) is 3.17. The molecule has 2 N–H and O–H groups in total. The first-order chi connectivity index (χ1) is 13.1. The van der Waals surface area contributed by atoms with Crippen LogP contribution in [-0.4, -0.2) is 23.6 Å². The molecule has 0 radical (unpaired) electrons. The number of nitrogens with zero attached hydrogens (tertiary/aromatic N) is 2. The van der Waals surface area contributed by atoms with Crippen LogP contribution in [0, 0.1) is 6.92 Å². The van der Waals surface area contributed by atoms with E-state index in [-0.39, 0.29) is 0 Å². The van der Waals surface area contributed by atoms with Crippen LogP contribution in [0.2, 0.25) is 5.02 Å². The number of aromatic nitrogens is 2. The molecule has 2 aromatic carbocycles. The van der Waals surface area contributed by atoms with Gasteiger partial charge in [0.15, 0.2) is 0 Å². The van der Waals surface area contributed by atoms with Gasteiger partial charge in [-0.15, -0.1) is 0 Å². The van der Waals surface area contributed by atoms with Crippen LogP contribution in [0.25, 0.3) is 0 Å². The van der Waals surface area contributed by atoms with Crippen molar-refractivity contribution in [1.29, 1.82) is 0 Å². The van der Waals surface area contributed by atoms with Crippen molar-refractivity contribution in [3.63, 3.8) is 0 Å². The van der Waals surface area contributed by atoms with Gasteiger partial charge in [-0.25, -0.2) is 9.97 Å². The number of hydrogen-bond acceptors (Lipinski definition) is 5. The second kappa shape index (κ2) is 9.24. The summed E-state index contributed by atoms with van der Waals surface area (Å²) in [6.07, 6.45) is 0.873. The zero-order chi connectivity index (χ0) is 19.1. The molecule has 0 fully saturated rings. The smallest absolute Gasteiger partial charge is 0.132 e. The van der Waals surface area contributed by atoms with E-state index in [1.165, 1.54) is 5.56 Å². The number of methoxy groups -OCH3 is 1. The fourth-order valence-corrected chi connectivity index (χ4v) is 2.93. The van der Waals surface area contributed by atoms with E-state index in [4.69, 9.17) is 16.3 Å². The van der Waals surface area contributed by atoms with Crippen molar-refractivity contribution in [2.45, 2.75) is 19.9 Å². The summed E-state index contributed by atoms with van der Waals surface area (Å²) in [6, 6.07) is 17.8. The molecule has 0 amide bonds. The minimum atomic E-state index is 0.683. The van der Waals surface area contributed by atoms with E-state index in [9.17, 15) is 0 Å². The maximum atomic E-state index is 6.03. The number of halogens is 1. The lowest BCUT2D eigenvalue weighted by molar-refractivity contribution is 0.414. The van der Waals surface area contributed by atoms with Crippen LogP contribution < -0.4 is 15.4 Å². The zero-order valence-corrected chi connectivity index (χ0v) is 16.3. The Labute approximate surface area is 164 Å². The number of aryl methyl sites for hydroxylation is 1. The fraction of sp³-hybridized carbons (Fsp3) is 0.238. The lowest BCUT2D eigenvalue weighted by Crippen LogP contribution is -2.09. The first-order valence-corrected chi connectivity index (χ1v) is 9.21. The number of ether oxygens (including phenoxy) is 1. The standard InChI is InChI=1S/C21H23ClN4O/c1-15-25-20(23-11-10-16-4-3-5-18(22)12-16)13-21(26-15)24-14-17-6-8-19(27-2)9-7-17/h3-9,12-13H,10-11,14H2,1-2H3,(H2,23,24,25,26). The highest BCUT2D eigenvalue weighted by Crippen LogP contribution is 2.16. The second-order valence-corrected chi connectivity index (χ2v) is 6.63. The van der Waals surface area contributed by atoms with E-state index in [2.05, 4.69) is 26.7 Å². The molecule has 1 heterocycles. The predicted octanol–water partition coefficient (Wildman–Crippen LogP) is 4.71. The average Bonchev–Trinajstić information content (AvgIpc) is 2.66. The Morgan fingerprint density at radius 2 is 1.67 bits per heavy atom. The molecule has 0 spiro atoms. The van der Waals surface area contributed by atoms with Crippen molar-refractivity contribution in [1.82, 2.24) is 9.97 Å². The zero-order valence-electron chi connectivity index (χ0n) is 15.5. The molecule has 5 nitrogen and oxygen atoms in total. The summed E-state index contributed by atoms with van der Waals surface area (Å²) in [6.45, 7) is 3.35. The van der Waals surface area contributed by atoms with Gasteiger partial charge in [0.25, 0.3) is 0 Å². The number of benzene rings is 2. The molecule has 0 aliphatic rings. The van der Waals surface area contributed by atoms with E-state index < -0.39 is 0 Å². The van der Waals surface area contributed by atoms with E-state index in [0.29, 0.717) is 6.54 Å². The number of rotatable bonds is 8. The van der Waals surface area contributed by atoms with Crippen molar-refractivity contribution in [2.24, 2.45) is 0 Å². The van der Waals surface area contributed by atoms with Crippen LogP contribution in [0.5, 0.6) is 5.75 Å². The van der Waals surface area contributed by atoms with Crippen LogP contribution in [0.1, 0.15) is 17.0 Å². The number of hydrogen-bond donors (Lipinski definition) is 2. The lowest BCUT2D eigenvalue weighted by Gasteiger charge is -2.11. The second-order valence-electron chi connectivity index (χ2n) is 6.19. The molecule has 3 rings (SSSR count). The molecule has 0 aliphatic heterocycles. The maximum Gasteiger partial charge on any atom is 0.132 e. The Morgan fingerprint density at radius 1 is 0.926 bits per heavy atom. The Bertz CT molecular complexity index is 884. The normalized spacial score (nSPS) is 10.5. The molecule has 0 atom stereocenters. The van der Waals surface area contributed by atoms with Crippen molar-refractivity contribution >= 4 is 23.2 Å². The summed E-state index contributed by atoms with van der Waals surface area (Å²) < 4.78 is 5.18. The molecule has 6 heteroatoms. The molecule has 27 heavy (non-hydrogen) atoms. The Morgan fingerprint density at radius 3 is 2.37 bits per heavy atom. The maximum absolute atomic E-state index is 6.03. The summed E-state index contributed by atoms with van der Waals surface area (Å²) in [7, 11) is 1.66. The van der Waals surface area contributed by atoms with Crippen molar-refractivity contribution in [3.05, 3.63) is 76.6 Å². The van der Waals surface area contributed by atoms with Gasteiger partial charge in [-0.2, -0.15) is 0 Å². The molecular formula is C21H23ClN4O. The van der Waals surface area contributed by atoms with Gasteiger partial charge in [-0.1, -0.05) is 35.9 Å². The van der Waals surface area contributed by atoms with Crippen molar-refractivity contribution in [3.8, 4) is 5.75 Å². The summed E-state index contributed by atoms with van der Waals surface area (Å²) in [5, 5.41) is 7.46. The van der Waals surface area contributed by atoms with Gasteiger partial charge in [0.2, 0.25) is 0 Å². The summed E-state index contributed by atoms with van der Waals surface area (Å²) in [5.41, 5.74) is 2.35. The molecule has 0 bridgehead atoms. The van der Waals surface area contributed by atoms with Gasteiger partial charge < -0.3 is 15.4 Å². The largest absolute Gasteiger partial charge is 0.497 e. The molecule has 140 valence electrons. The van der Waals surface area contributed by atoms with Gasteiger partial charge in [0.05, 0.1) is 7.11 Å². The molecule has 0 saturated carbocycles.